The first-order chi connectivity index (χ1) is 10.1. The fraction of sp³-hybridized carbons (Fsp3) is 0.600. The maximum Gasteiger partial charge on any atom is 0.238 e. The number of hydrogen-bond donors (Lipinski definition) is 2. The average Bonchev–Trinajstić information content (AvgIpc) is 2.48. The van der Waals surface area contributed by atoms with Crippen LogP contribution in [0.1, 0.15) is 12.8 Å². The summed E-state index contributed by atoms with van der Waals surface area (Å²) in [7, 11) is 6.06. The van der Waals surface area contributed by atoms with Crippen LogP contribution in [0.2, 0.25) is 0 Å². The van der Waals surface area contributed by atoms with Crippen LogP contribution in [0.25, 0.3) is 0 Å². The molecule has 1 aromatic heterocycles. The molecule has 1 aliphatic rings. The van der Waals surface area contributed by atoms with E-state index < -0.39 is 0 Å². The van der Waals surface area contributed by atoms with Crippen LogP contribution in [0.3, 0.4) is 0 Å². The number of rotatable bonds is 5. The number of aromatic nitrogens is 1. The second-order valence-electron chi connectivity index (χ2n) is 5.70. The summed E-state index contributed by atoms with van der Waals surface area (Å²) in [6.45, 7) is 2.41. The molecule has 0 spiro atoms. The molecule has 2 N–H and O–H groups in total. The van der Waals surface area contributed by atoms with E-state index in [1.807, 2.05) is 19.2 Å². The molecule has 0 radical (unpaired) electrons. The van der Waals surface area contributed by atoms with Crippen molar-refractivity contribution in [3.8, 4) is 0 Å². The SMILES string of the molecule is CNc1ccc(NC(=O)CN2CCC(N(C)C)CC2)cn1. The summed E-state index contributed by atoms with van der Waals surface area (Å²) >= 11 is 0. The molecule has 1 aliphatic heterocycles. The lowest BCUT2D eigenvalue weighted by Gasteiger charge is -2.34. The van der Waals surface area contributed by atoms with Gasteiger partial charge in [-0.1, -0.05) is 0 Å². The van der Waals surface area contributed by atoms with Crippen LogP contribution in [-0.2, 0) is 4.79 Å². The van der Waals surface area contributed by atoms with E-state index in [0.29, 0.717) is 12.6 Å². The molecule has 0 atom stereocenters. The van der Waals surface area contributed by atoms with E-state index in [2.05, 4.69) is 39.5 Å². The van der Waals surface area contributed by atoms with Crippen molar-refractivity contribution < 1.29 is 4.79 Å². The molecule has 1 saturated heterocycles. The van der Waals surface area contributed by atoms with E-state index in [-0.39, 0.29) is 5.91 Å². The Hall–Kier alpha value is -1.66. The van der Waals surface area contributed by atoms with Crippen molar-refractivity contribution in [2.45, 2.75) is 18.9 Å². The van der Waals surface area contributed by atoms with Gasteiger partial charge < -0.3 is 15.5 Å². The molecule has 2 rings (SSSR count). The fourth-order valence-corrected chi connectivity index (χ4v) is 2.61. The Labute approximate surface area is 126 Å². The molecule has 0 saturated carbocycles. The van der Waals surface area contributed by atoms with Gasteiger partial charge in [0.1, 0.15) is 5.82 Å². The summed E-state index contributed by atoms with van der Waals surface area (Å²) in [5.41, 5.74) is 0.738. The summed E-state index contributed by atoms with van der Waals surface area (Å²) in [4.78, 5) is 20.7. The summed E-state index contributed by atoms with van der Waals surface area (Å²) in [5, 5.41) is 5.84. The van der Waals surface area contributed by atoms with Crippen LogP contribution >= 0.6 is 0 Å². The van der Waals surface area contributed by atoms with E-state index in [9.17, 15) is 4.79 Å². The Morgan fingerprint density at radius 2 is 2.10 bits per heavy atom. The van der Waals surface area contributed by atoms with Crippen LogP contribution in [0.4, 0.5) is 11.5 Å². The zero-order chi connectivity index (χ0) is 15.2. The monoisotopic (exact) mass is 291 g/mol. The van der Waals surface area contributed by atoms with Crippen LogP contribution in [0.15, 0.2) is 18.3 Å². The number of likely N-dealkylation sites (tertiary alicyclic amines) is 1. The van der Waals surface area contributed by atoms with E-state index in [1.54, 1.807) is 6.20 Å². The van der Waals surface area contributed by atoms with Gasteiger partial charge in [0.05, 0.1) is 18.4 Å². The molecule has 6 heteroatoms. The number of pyridine rings is 1. The van der Waals surface area contributed by atoms with Crippen molar-refractivity contribution >= 4 is 17.4 Å². The maximum atomic E-state index is 12.0. The highest BCUT2D eigenvalue weighted by Crippen LogP contribution is 2.14. The molecule has 1 fully saturated rings. The molecule has 0 bridgehead atoms. The normalized spacial score (nSPS) is 17.0. The summed E-state index contributed by atoms with van der Waals surface area (Å²) in [5.74, 6) is 0.816. The quantitative estimate of drug-likeness (QED) is 0.850. The number of nitrogens with zero attached hydrogens (tertiary/aromatic N) is 3. The smallest absolute Gasteiger partial charge is 0.238 e. The Morgan fingerprint density at radius 1 is 1.38 bits per heavy atom. The third kappa shape index (κ3) is 4.68. The van der Waals surface area contributed by atoms with Crippen LogP contribution < -0.4 is 10.6 Å². The number of anilines is 2. The highest BCUT2D eigenvalue weighted by Gasteiger charge is 2.21. The lowest BCUT2D eigenvalue weighted by atomic mass is 10.0. The number of nitrogens with one attached hydrogen (secondary N) is 2. The third-order valence-corrected chi connectivity index (χ3v) is 3.96. The molecular formula is C15H25N5O. The molecule has 1 amide bonds. The van der Waals surface area contributed by atoms with Gasteiger partial charge in [-0.25, -0.2) is 4.98 Å². The Kier molecular flexibility index (Phi) is 5.52. The lowest BCUT2D eigenvalue weighted by molar-refractivity contribution is -0.117. The Balaban J connectivity index is 1.77. The van der Waals surface area contributed by atoms with Gasteiger partial charge in [0, 0.05) is 26.2 Å². The minimum atomic E-state index is 0.0253. The molecule has 21 heavy (non-hydrogen) atoms. The third-order valence-electron chi connectivity index (χ3n) is 3.96. The fourth-order valence-electron chi connectivity index (χ4n) is 2.61. The number of piperidine rings is 1. The van der Waals surface area contributed by atoms with Crippen molar-refractivity contribution in [2.24, 2.45) is 0 Å². The van der Waals surface area contributed by atoms with Gasteiger partial charge in [-0.15, -0.1) is 0 Å². The number of carbonyl (C=O) groups is 1. The van der Waals surface area contributed by atoms with E-state index in [0.717, 1.165) is 37.4 Å². The van der Waals surface area contributed by atoms with E-state index in [4.69, 9.17) is 0 Å². The summed E-state index contributed by atoms with van der Waals surface area (Å²) in [6.07, 6.45) is 3.92. The molecule has 0 unspecified atom stereocenters. The van der Waals surface area contributed by atoms with E-state index in [1.165, 1.54) is 0 Å². The first-order valence-corrected chi connectivity index (χ1v) is 7.41. The lowest BCUT2D eigenvalue weighted by Crippen LogP contribution is -2.44. The van der Waals surface area contributed by atoms with Gasteiger partial charge in [-0.2, -0.15) is 0 Å². The van der Waals surface area contributed by atoms with E-state index >= 15 is 0 Å². The largest absolute Gasteiger partial charge is 0.373 e. The van der Waals surface area contributed by atoms with Crippen molar-refractivity contribution in [1.82, 2.24) is 14.8 Å². The topological polar surface area (TPSA) is 60.5 Å². The number of amides is 1. The number of hydrogen-bond acceptors (Lipinski definition) is 5. The summed E-state index contributed by atoms with van der Waals surface area (Å²) in [6, 6.07) is 4.34. The first kappa shape index (κ1) is 15.7. The molecule has 0 aromatic carbocycles. The van der Waals surface area contributed by atoms with Crippen LogP contribution in [0.5, 0.6) is 0 Å². The predicted molar refractivity (Wildman–Crippen MR) is 85.6 cm³/mol. The maximum absolute atomic E-state index is 12.0. The van der Waals surface area contributed by atoms with Gasteiger partial charge in [-0.3, -0.25) is 9.69 Å². The molecule has 0 aliphatic carbocycles. The second kappa shape index (κ2) is 7.38. The molecule has 116 valence electrons. The molecule has 2 heterocycles. The average molecular weight is 291 g/mol. The second-order valence-corrected chi connectivity index (χ2v) is 5.70. The highest BCUT2D eigenvalue weighted by molar-refractivity contribution is 5.92. The molecule has 6 nitrogen and oxygen atoms in total. The minimum absolute atomic E-state index is 0.0253. The van der Waals surface area contributed by atoms with Crippen LogP contribution in [-0.4, -0.2) is 67.5 Å². The summed E-state index contributed by atoms with van der Waals surface area (Å²) < 4.78 is 0. The van der Waals surface area contributed by atoms with Crippen molar-refractivity contribution in [3.05, 3.63) is 18.3 Å². The minimum Gasteiger partial charge on any atom is -0.373 e. The molecule has 1 aromatic rings. The highest BCUT2D eigenvalue weighted by atomic mass is 16.2. The zero-order valence-electron chi connectivity index (χ0n) is 13.1. The van der Waals surface area contributed by atoms with Gasteiger partial charge in [0.25, 0.3) is 0 Å². The first-order valence-electron chi connectivity index (χ1n) is 7.41. The van der Waals surface area contributed by atoms with Gasteiger partial charge in [0.2, 0.25) is 5.91 Å². The standard InChI is InChI=1S/C15H25N5O/c1-16-14-5-4-12(10-17-14)18-15(21)11-20-8-6-13(7-9-20)19(2)3/h4-5,10,13H,6-9,11H2,1-3H3,(H,16,17)(H,18,21). The zero-order valence-corrected chi connectivity index (χ0v) is 13.1. The predicted octanol–water partition coefficient (Wildman–Crippen LogP) is 1.09. The molecular weight excluding hydrogens is 266 g/mol. The Bertz CT molecular complexity index is 452. The Morgan fingerprint density at radius 3 is 2.62 bits per heavy atom. The van der Waals surface area contributed by atoms with Gasteiger partial charge in [-0.05, 0) is 39.1 Å². The van der Waals surface area contributed by atoms with Crippen molar-refractivity contribution in [3.63, 3.8) is 0 Å². The number of carbonyl (C=O) groups excluding carboxylic acids is 1. The van der Waals surface area contributed by atoms with Crippen LogP contribution in [0, 0.1) is 0 Å². The van der Waals surface area contributed by atoms with Crippen molar-refractivity contribution in [2.75, 3.05) is 51.4 Å². The van der Waals surface area contributed by atoms with Gasteiger partial charge >= 0.3 is 0 Å². The van der Waals surface area contributed by atoms with Gasteiger partial charge in [0.15, 0.2) is 0 Å². The van der Waals surface area contributed by atoms with Crippen molar-refractivity contribution in [1.29, 1.82) is 0 Å².